The molecule has 4 rings (SSSR count). The number of hydrogen-bond donors (Lipinski definition) is 1. The molecule has 0 atom stereocenters. The Kier molecular flexibility index (Phi) is 7.01. The van der Waals surface area contributed by atoms with E-state index < -0.39 is 10.8 Å². The summed E-state index contributed by atoms with van der Waals surface area (Å²) in [6, 6.07) is 23.7. The molecule has 1 amide bonds. The Labute approximate surface area is 198 Å². The van der Waals surface area contributed by atoms with Crippen molar-refractivity contribution in [3.8, 4) is 5.69 Å². The lowest BCUT2D eigenvalue weighted by atomic mass is 10.1. The lowest BCUT2D eigenvalue weighted by molar-refractivity contribution is -0.383. The van der Waals surface area contributed by atoms with Crippen molar-refractivity contribution in [2.24, 2.45) is 0 Å². The van der Waals surface area contributed by atoms with E-state index in [0.29, 0.717) is 11.6 Å². The van der Waals surface area contributed by atoms with Gasteiger partial charge < -0.3 is 5.32 Å². The second-order valence-electron chi connectivity index (χ2n) is 6.99. The van der Waals surface area contributed by atoms with E-state index in [1.165, 1.54) is 30.0 Å². The number of thioether (sulfide) groups is 1. The summed E-state index contributed by atoms with van der Waals surface area (Å²) in [7, 11) is 0. The van der Waals surface area contributed by atoms with Crippen LogP contribution in [0.25, 0.3) is 5.69 Å². The second kappa shape index (κ2) is 10.3. The number of para-hydroxylation sites is 1. The quantitative estimate of drug-likeness (QED) is 0.213. The van der Waals surface area contributed by atoms with Crippen molar-refractivity contribution in [3.63, 3.8) is 0 Å². The van der Waals surface area contributed by atoms with Crippen molar-refractivity contribution in [1.82, 2.24) is 14.8 Å². The van der Waals surface area contributed by atoms with Crippen molar-refractivity contribution in [2.45, 2.75) is 11.6 Å². The smallest absolute Gasteiger partial charge is 0.294 e. The number of hydrogen-bond acceptors (Lipinski definition) is 6. The lowest BCUT2D eigenvalue weighted by Crippen LogP contribution is -2.15. The first-order valence-corrected chi connectivity index (χ1v) is 11.3. The molecule has 0 bridgehead atoms. The minimum Gasteiger partial charge on any atom is -0.320 e. The molecule has 8 nitrogen and oxygen atoms in total. The normalized spacial score (nSPS) is 10.7. The molecule has 1 N–H and O–H groups in total. The van der Waals surface area contributed by atoms with Gasteiger partial charge in [0.05, 0.1) is 10.7 Å². The zero-order chi connectivity index (χ0) is 23.2. The van der Waals surface area contributed by atoms with Crippen LogP contribution in [0.2, 0.25) is 5.02 Å². The summed E-state index contributed by atoms with van der Waals surface area (Å²) in [5.41, 5.74) is 1.79. The van der Waals surface area contributed by atoms with Crippen LogP contribution in [0.1, 0.15) is 11.4 Å². The van der Waals surface area contributed by atoms with Crippen LogP contribution in [0.5, 0.6) is 0 Å². The van der Waals surface area contributed by atoms with Crippen molar-refractivity contribution < 1.29 is 9.72 Å². The number of nitrogens with one attached hydrogen (secondary N) is 1. The fraction of sp³-hybridized carbons (Fsp3) is 0.0870. The van der Waals surface area contributed by atoms with E-state index in [-0.39, 0.29) is 22.2 Å². The number of halogens is 1. The maximum Gasteiger partial charge on any atom is 0.294 e. The summed E-state index contributed by atoms with van der Waals surface area (Å²) >= 11 is 7.03. The molecule has 3 aromatic carbocycles. The molecule has 10 heteroatoms. The van der Waals surface area contributed by atoms with Crippen molar-refractivity contribution in [3.05, 3.63) is 105 Å². The number of anilines is 1. The summed E-state index contributed by atoms with van der Waals surface area (Å²) in [4.78, 5) is 23.2. The van der Waals surface area contributed by atoms with Gasteiger partial charge in [0.15, 0.2) is 5.16 Å². The van der Waals surface area contributed by atoms with Crippen LogP contribution < -0.4 is 5.32 Å². The summed E-state index contributed by atoms with van der Waals surface area (Å²) in [6.07, 6.45) is 0.576. The standard InChI is InChI=1S/C23H18ClN5O3S/c24-17-11-12-19(20(14-17)29(31)32)25-22(30)15-33-23-27-26-21(13-16-7-3-1-4-8-16)28(23)18-9-5-2-6-10-18/h1-12,14H,13,15H2,(H,25,30). The fourth-order valence-electron chi connectivity index (χ4n) is 3.20. The van der Waals surface area contributed by atoms with E-state index >= 15 is 0 Å². The van der Waals surface area contributed by atoms with Crippen molar-refractivity contribution >= 4 is 40.6 Å². The molecule has 1 heterocycles. The first-order valence-electron chi connectivity index (χ1n) is 9.91. The maximum absolute atomic E-state index is 12.5. The number of nitrogens with zero attached hydrogens (tertiary/aromatic N) is 4. The summed E-state index contributed by atoms with van der Waals surface area (Å²) < 4.78 is 1.91. The van der Waals surface area contributed by atoms with Gasteiger partial charge in [0.25, 0.3) is 5.69 Å². The largest absolute Gasteiger partial charge is 0.320 e. The fourth-order valence-corrected chi connectivity index (χ4v) is 4.14. The van der Waals surface area contributed by atoms with E-state index in [9.17, 15) is 14.9 Å². The molecule has 4 aromatic rings. The predicted octanol–water partition coefficient (Wildman–Crippen LogP) is 5.15. The number of nitro benzene ring substituents is 1. The summed E-state index contributed by atoms with van der Waals surface area (Å²) in [5, 5.41) is 23.3. The van der Waals surface area contributed by atoms with Crippen molar-refractivity contribution in [2.75, 3.05) is 11.1 Å². The van der Waals surface area contributed by atoms with E-state index in [2.05, 4.69) is 15.5 Å². The number of benzene rings is 3. The molecular formula is C23H18ClN5O3S. The third kappa shape index (κ3) is 5.57. The SMILES string of the molecule is O=C(CSc1nnc(Cc2ccccc2)n1-c1ccccc1)Nc1ccc(Cl)cc1[N+](=O)[O-]. The highest BCUT2D eigenvalue weighted by Crippen LogP contribution is 2.28. The number of aromatic nitrogens is 3. The molecule has 0 saturated carbocycles. The van der Waals surface area contributed by atoms with Gasteiger partial charge in [-0.3, -0.25) is 19.5 Å². The van der Waals surface area contributed by atoms with Gasteiger partial charge in [-0.2, -0.15) is 0 Å². The minimum absolute atomic E-state index is 0.00388. The Morgan fingerprint density at radius 2 is 1.73 bits per heavy atom. The monoisotopic (exact) mass is 479 g/mol. The van der Waals surface area contributed by atoms with Crippen molar-refractivity contribution in [1.29, 1.82) is 0 Å². The average Bonchev–Trinajstić information content (AvgIpc) is 3.22. The van der Waals surface area contributed by atoms with Gasteiger partial charge in [-0.15, -0.1) is 10.2 Å². The first kappa shape index (κ1) is 22.5. The van der Waals surface area contributed by atoms with E-state index in [1.54, 1.807) is 0 Å². The zero-order valence-electron chi connectivity index (χ0n) is 17.2. The van der Waals surface area contributed by atoms with E-state index in [1.807, 2.05) is 65.2 Å². The maximum atomic E-state index is 12.5. The summed E-state index contributed by atoms with van der Waals surface area (Å²) in [5.74, 6) is 0.331. The van der Waals surface area contributed by atoms with Gasteiger partial charge in [0.1, 0.15) is 11.5 Å². The zero-order valence-corrected chi connectivity index (χ0v) is 18.8. The van der Waals surface area contributed by atoms with Gasteiger partial charge in [-0.1, -0.05) is 71.9 Å². The average molecular weight is 480 g/mol. The number of amides is 1. The Morgan fingerprint density at radius 1 is 1.03 bits per heavy atom. The lowest BCUT2D eigenvalue weighted by Gasteiger charge is -2.10. The molecule has 0 aliphatic heterocycles. The molecule has 0 aliphatic rings. The van der Waals surface area contributed by atoms with Crippen LogP contribution in [-0.2, 0) is 11.2 Å². The molecule has 1 aromatic heterocycles. The molecule has 33 heavy (non-hydrogen) atoms. The highest BCUT2D eigenvalue weighted by molar-refractivity contribution is 7.99. The molecule has 0 aliphatic carbocycles. The topological polar surface area (TPSA) is 103 Å². The minimum atomic E-state index is -0.587. The molecule has 0 fully saturated rings. The predicted molar refractivity (Wildman–Crippen MR) is 128 cm³/mol. The molecule has 0 saturated heterocycles. The van der Waals surface area contributed by atoms with E-state index in [4.69, 9.17) is 11.6 Å². The third-order valence-electron chi connectivity index (χ3n) is 4.68. The Morgan fingerprint density at radius 3 is 2.42 bits per heavy atom. The number of carbonyl (C=O) groups excluding carboxylic acids is 1. The van der Waals surface area contributed by atoms with Crippen LogP contribution in [-0.4, -0.2) is 31.3 Å². The highest BCUT2D eigenvalue weighted by Gasteiger charge is 2.19. The molecule has 0 spiro atoms. The Hall–Kier alpha value is -3.69. The number of nitro groups is 1. The van der Waals surface area contributed by atoms with Gasteiger partial charge in [0, 0.05) is 23.2 Å². The summed E-state index contributed by atoms with van der Waals surface area (Å²) in [6.45, 7) is 0. The number of rotatable bonds is 8. The Balaban J connectivity index is 1.54. The first-order chi connectivity index (χ1) is 16.0. The third-order valence-corrected chi connectivity index (χ3v) is 5.85. The van der Waals surface area contributed by atoms with Gasteiger partial charge in [0.2, 0.25) is 5.91 Å². The number of carbonyl (C=O) groups is 1. The van der Waals surface area contributed by atoms with Crippen LogP contribution >= 0.6 is 23.4 Å². The molecule has 0 radical (unpaired) electrons. The van der Waals surface area contributed by atoms with Gasteiger partial charge in [-0.05, 0) is 29.8 Å². The molecule has 166 valence electrons. The molecule has 0 unspecified atom stereocenters. The van der Waals surface area contributed by atoms with E-state index in [0.717, 1.165) is 17.1 Å². The Bertz CT molecular complexity index is 1280. The second-order valence-corrected chi connectivity index (χ2v) is 8.37. The molecular weight excluding hydrogens is 462 g/mol. The van der Waals surface area contributed by atoms with Gasteiger partial charge in [-0.25, -0.2) is 0 Å². The highest BCUT2D eigenvalue weighted by atomic mass is 35.5. The van der Waals surface area contributed by atoms with Gasteiger partial charge >= 0.3 is 0 Å². The van der Waals surface area contributed by atoms with Crippen LogP contribution in [0, 0.1) is 10.1 Å². The van der Waals surface area contributed by atoms with Crippen LogP contribution in [0.4, 0.5) is 11.4 Å². The van der Waals surface area contributed by atoms with Crippen LogP contribution in [0.15, 0.2) is 84.0 Å². The van der Waals surface area contributed by atoms with Crippen LogP contribution in [0.3, 0.4) is 0 Å².